The summed E-state index contributed by atoms with van der Waals surface area (Å²) in [7, 11) is 0. The molecule has 0 bridgehead atoms. The van der Waals surface area contributed by atoms with Crippen molar-refractivity contribution in [3.63, 3.8) is 0 Å². The second-order valence-electron chi connectivity index (χ2n) is 7.41. The number of fused-ring (bicyclic) bond motifs is 3. The van der Waals surface area contributed by atoms with Crippen LogP contribution in [0.15, 0.2) is 21.3 Å². The summed E-state index contributed by atoms with van der Waals surface area (Å²) in [4.78, 5) is 26.7. The molecule has 5 nitrogen and oxygen atoms in total. The third-order valence-electron chi connectivity index (χ3n) is 5.80. The first-order chi connectivity index (χ1) is 13.1. The van der Waals surface area contributed by atoms with Gasteiger partial charge in [-0.05, 0) is 56.6 Å². The lowest BCUT2D eigenvalue weighted by Crippen LogP contribution is -2.45. The highest BCUT2D eigenvalue weighted by Gasteiger charge is 2.26. The van der Waals surface area contributed by atoms with E-state index >= 15 is 0 Å². The largest absolute Gasteiger partial charge is 0.482 e. The highest BCUT2D eigenvalue weighted by molar-refractivity contribution is 6.32. The summed E-state index contributed by atoms with van der Waals surface area (Å²) < 4.78 is 11.2. The maximum Gasteiger partial charge on any atom is 0.339 e. The van der Waals surface area contributed by atoms with E-state index < -0.39 is 0 Å². The van der Waals surface area contributed by atoms with Gasteiger partial charge in [0, 0.05) is 29.6 Å². The zero-order valence-electron chi connectivity index (χ0n) is 15.6. The van der Waals surface area contributed by atoms with E-state index in [-0.39, 0.29) is 18.1 Å². The van der Waals surface area contributed by atoms with Crippen LogP contribution in [0.5, 0.6) is 5.75 Å². The fourth-order valence-electron chi connectivity index (χ4n) is 4.37. The first kappa shape index (κ1) is 18.4. The van der Waals surface area contributed by atoms with Crippen molar-refractivity contribution in [2.75, 3.05) is 13.2 Å². The Morgan fingerprint density at radius 2 is 2.07 bits per heavy atom. The summed E-state index contributed by atoms with van der Waals surface area (Å²) in [5.74, 6) is 0.358. The van der Waals surface area contributed by atoms with Gasteiger partial charge in [0.15, 0.2) is 6.61 Å². The number of halogens is 1. The van der Waals surface area contributed by atoms with E-state index in [4.69, 9.17) is 20.8 Å². The van der Waals surface area contributed by atoms with Gasteiger partial charge in [-0.2, -0.15) is 0 Å². The number of amides is 1. The fourth-order valence-corrected chi connectivity index (χ4v) is 4.59. The molecule has 1 saturated heterocycles. The Hall–Kier alpha value is -2.01. The SMILES string of the molecule is CCC1CCCCN1C(=O)COc1cc2oc(=O)c3c(c2cc1Cl)CCC3. The zero-order chi connectivity index (χ0) is 19.0. The zero-order valence-corrected chi connectivity index (χ0v) is 16.3. The molecule has 1 aromatic heterocycles. The average molecular weight is 390 g/mol. The van der Waals surface area contributed by atoms with E-state index in [0.717, 1.165) is 61.6 Å². The molecule has 0 radical (unpaired) electrons. The molecule has 2 heterocycles. The second kappa shape index (κ2) is 7.55. The summed E-state index contributed by atoms with van der Waals surface area (Å²) >= 11 is 6.40. The summed E-state index contributed by atoms with van der Waals surface area (Å²) in [6.07, 6.45) is 6.79. The van der Waals surface area contributed by atoms with Crippen molar-refractivity contribution in [3.05, 3.63) is 38.7 Å². The molecular weight excluding hydrogens is 366 g/mol. The Morgan fingerprint density at radius 1 is 1.26 bits per heavy atom. The summed E-state index contributed by atoms with van der Waals surface area (Å²) in [5.41, 5.74) is 1.98. The number of ether oxygens (including phenoxy) is 1. The molecule has 1 aliphatic carbocycles. The number of carbonyl (C=O) groups is 1. The smallest absolute Gasteiger partial charge is 0.339 e. The minimum absolute atomic E-state index is 0.0203. The summed E-state index contributed by atoms with van der Waals surface area (Å²) in [6.45, 7) is 2.84. The van der Waals surface area contributed by atoms with Crippen molar-refractivity contribution in [2.45, 2.75) is 57.9 Å². The number of hydrogen-bond acceptors (Lipinski definition) is 4. The Morgan fingerprint density at radius 3 is 2.89 bits per heavy atom. The van der Waals surface area contributed by atoms with Gasteiger partial charge in [0.25, 0.3) is 5.91 Å². The Bertz CT molecular complexity index is 936. The van der Waals surface area contributed by atoms with Crippen molar-refractivity contribution in [2.24, 2.45) is 0 Å². The van der Waals surface area contributed by atoms with Crippen LogP contribution in [-0.2, 0) is 17.6 Å². The highest BCUT2D eigenvalue weighted by Crippen LogP contribution is 2.34. The second-order valence-corrected chi connectivity index (χ2v) is 7.82. The molecule has 1 aliphatic heterocycles. The number of benzene rings is 1. The standard InChI is InChI=1S/C21H24ClNO4/c1-2-13-6-3-4-9-23(13)20(24)12-26-19-11-18-16(10-17(19)22)14-7-5-8-15(14)21(25)27-18/h10-11,13H,2-9,12H2,1H3. The molecule has 6 heteroatoms. The molecule has 2 aromatic rings. The van der Waals surface area contributed by atoms with Crippen LogP contribution in [0, 0.1) is 0 Å². The molecular formula is C21H24ClNO4. The van der Waals surface area contributed by atoms with Gasteiger partial charge in [-0.1, -0.05) is 18.5 Å². The van der Waals surface area contributed by atoms with Crippen LogP contribution in [0.2, 0.25) is 5.02 Å². The van der Waals surface area contributed by atoms with Crippen LogP contribution in [0.1, 0.15) is 50.2 Å². The Balaban J connectivity index is 1.56. The quantitative estimate of drug-likeness (QED) is 0.738. The number of hydrogen-bond donors (Lipinski definition) is 0. The van der Waals surface area contributed by atoms with Gasteiger partial charge < -0.3 is 14.1 Å². The van der Waals surface area contributed by atoms with Crippen LogP contribution >= 0.6 is 11.6 Å². The Labute approximate surface area is 163 Å². The Kier molecular flexibility index (Phi) is 5.13. The first-order valence-corrected chi connectivity index (χ1v) is 10.2. The lowest BCUT2D eigenvalue weighted by Gasteiger charge is -2.35. The van der Waals surface area contributed by atoms with Gasteiger partial charge in [0.2, 0.25) is 0 Å². The number of carbonyl (C=O) groups excluding carboxylic acids is 1. The van der Waals surface area contributed by atoms with E-state index in [1.165, 1.54) is 6.42 Å². The van der Waals surface area contributed by atoms with Crippen LogP contribution in [0.25, 0.3) is 11.0 Å². The number of rotatable bonds is 4. The van der Waals surface area contributed by atoms with E-state index in [0.29, 0.717) is 22.4 Å². The van der Waals surface area contributed by atoms with Crippen LogP contribution < -0.4 is 10.4 Å². The van der Waals surface area contributed by atoms with Gasteiger partial charge in [-0.3, -0.25) is 4.79 Å². The van der Waals surface area contributed by atoms with Gasteiger partial charge in [0.05, 0.1) is 5.02 Å². The molecule has 1 fully saturated rings. The van der Waals surface area contributed by atoms with Crippen LogP contribution in [0.3, 0.4) is 0 Å². The van der Waals surface area contributed by atoms with E-state index in [1.807, 2.05) is 4.90 Å². The third kappa shape index (κ3) is 3.45. The minimum atomic E-state index is -0.279. The van der Waals surface area contributed by atoms with E-state index in [2.05, 4.69) is 6.92 Å². The molecule has 1 aromatic carbocycles. The molecule has 1 amide bonds. The number of likely N-dealkylation sites (tertiary alicyclic amines) is 1. The van der Waals surface area contributed by atoms with Crippen molar-refractivity contribution in [1.82, 2.24) is 4.90 Å². The molecule has 1 unspecified atom stereocenters. The lowest BCUT2D eigenvalue weighted by molar-refractivity contribution is -0.137. The normalized spacial score (nSPS) is 19.3. The predicted molar refractivity (Wildman–Crippen MR) is 105 cm³/mol. The maximum atomic E-state index is 12.6. The van der Waals surface area contributed by atoms with Crippen molar-refractivity contribution in [1.29, 1.82) is 0 Å². The number of piperidine rings is 1. The molecule has 27 heavy (non-hydrogen) atoms. The van der Waals surface area contributed by atoms with Crippen molar-refractivity contribution >= 4 is 28.5 Å². The highest BCUT2D eigenvalue weighted by atomic mass is 35.5. The summed E-state index contributed by atoms with van der Waals surface area (Å²) in [5, 5.41) is 1.30. The van der Waals surface area contributed by atoms with Crippen molar-refractivity contribution < 1.29 is 13.9 Å². The van der Waals surface area contributed by atoms with E-state index in [1.54, 1.807) is 12.1 Å². The van der Waals surface area contributed by atoms with E-state index in [9.17, 15) is 9.59 Å². The van der Waals surface area contributed by atoms with Crippen LogP contribution in [0.4, 0.5) is 0 Å². The molecule has 0 N–H and O–H groups in total. The average Bonchev–Trinajstić information content (AvgIpc) is 3.17. The third-order valence-corrected chi connectivity index (χ3v) is 6.09. The van der Waals surface area contributed by atoms with Gasteiger partial charge in [-0.15, -0.1) is 0 Å². The number of aryl methyl sites for hydroxylation is 1. The molecule has 0 spiro atoms. The van der Waals surface area contributed by atoms with Gasteiger partial charge in [0.1, 0.15) is 11.3 Å². The van der Waals surface area contributed by atoms with Crippen LogP contribution in [-0.4, -0.2) is 30.0 Å². The van der Waals surface area contributed by atoms with Gasteiger partial charge in [-0.25, -0.2) is 4.79 Å². The van der Waals surface area contributed by atoms with Gasteiger partial charge >= 0.3 is 5.63 Å². The maximum absolute atomic E-state index is 12.6. The summed E-state index contributed by atoms with van der Waals surface area (Å²) in [6, 6.07) is 3.72. The number of nitrogens with zero attached hydrogens (tertiary/aromatic N) is 1. The molecule has 0 saturated carbocycles. The lowest BCUT2D eigenvalue weighted by atomic mass is 10.00. The molecule has 1 atom stereocenters. The fraction of sp³-hybridized carbons (Fsp3) is 0.524. The molecule has 4 rings (SSSR count). The molecule has 144 valence electrons. The predicted octanol–water partition coefficient (Wildman–Crippen LogP) is 4.11. The first-order valence-electron chi connectivity index (χ1n) is 9.79. The monoisotopic (exact) mass is 389 g/mol. The van der Waals surface area contributed by atoms with Crippen molar-refractivity contribution in [3.8, 4) is 5.75 Å². The molecule has 2 aliphatic rings. The minimum Gasteiger partial charge on any atom is -0.482 e. The topological polar surface area (TPSA) is 59.8 Å².